The fourth-order valence-corrected chi connectivity index (χ4v) is 4.44. The smallest absolute Gasteiger partial charge is 0.162 e. The van der Waals surface area contributed by atoms with Crippen LogP contribution in [0.5, 0.6) is 11.5 Å². The average molecular weight is 485 g/mol. The minimum atomic E-state index is 0.655. The summed E-state index contributed by atoms with van der Waals surface area (Å²) in [6.45, 7) is 3.27. The molecule has 6 nitrogen and oxygen atoms in total. The number of ether oxygens (including phenoxy) is 2. The minimum absolute atomic E-state index is 0.655. The van der Waals surface area contributed by atoms with Crippen molar-refractivity contribution in [2.24, 2.45) is 5.92 Å². The molecule has 0 aliphatic carbocycles. The molecule has 0 unspecified atom stereocenters. The molecule has 1 aromatic heterocycles. The topological polar surface area (TPSA) is 50.7 Å². The second-order valence-electron chi connectivity index (χ2n) is 8.23. The first-order valence-corrected chi connectivity index (χ1v) is 11.4. The predicted octanol–water partition coefficient (Wildman–Crippen LogP) is 4.85. The van der Waals surface area contributed by atoms with E-state index < -0.39 is 0 Å². The average Bonchev–Trinajstić information content (AvgIpc) is 2.79. The number of methoxy groups -OCH3 is 2. The van der Waals surface area contributed by atoms with Crippen LogP contribution in [0.2, 0.25) is 0 Å². The van der Waals surface area contributed by atoms with Crippen molar-refractivity contribution in [1.82, 2.24) is 14.9 Å². The van der Waals surface area contributed by atoms with E-state index in [1.165, 1.54) is 12.8 Å². The molecule has 2 heterocycles. The molecule has 3 aromatic rings. The summed E-state index contributed by atoms with van der Waals surface area (Å²) < 4.78 is 12.1. The molecular formula is C24H29BrN4O2. The number of aromatic nitrogens is 2. The molecule has 2 aromatic carbocycles. The van der Waals surface area contributed by atoms with Crippen LogP contribution in [0.3, 0.4) is 0 Å². The highest BCUT2D eigenvalue weighted by Gasteiger charge is 2.21. The van der Waals surface area contributed by atoms with Crippen LogP contribution in [-0.2, 0) is 0 Å². The quantitative estimate of drug-likeness (QED) is 0.498. The summed E-state index contributed by atoms with van der Waals surface area (Å²) in [6, 6.07) is 12.0. The monoisotopic (exact) mass is 484 g/mol. The molecule has 0 saturated carbocycles. The number of halogens is 1. The molecule has 4 rings (SSSR count). The third kappa shape index (κ3) is 4.77. The van der Waals surface area contributed by atoms with E-state index in [-0.39, 0.29) is 0 Å². The van der Waals surface area contributed by atoms with Gasteiger partial charge in [0.1, 0.15) is 5.82 Å². The van der Waals surface area contributed by atoms with Gasteiger partial charge < -0.3 is 19.3 Å². The number of likely N-dealkylation sites (tertiary alicyclic amines) is 1. The third-order valence-electron chi connectivity index (χ3n) is 6.02. The van der Waals surface area contributed by atoms with Gasteiger partial charge in [0.15, 0.2) is 17.3 Å². The Labute approximate surface area is 192 Å². The fourth-order valence-electron chi connectivity index (χ4n) is 4.18. The molecule has 164 valence electrons. The molecule has 0 bridgehead atoms. The van der Waals surface area contributed by atoms with Gasteiger partial charge in [-0.15, -0.1) is 0 Å². The Morgan fingerprint density at radius 1 is 1.03 bits per heavy atom. The van der Waals surface area contributed by atoms with Crippen LogP contribution in [0.4, 0.5) is 5.82 Å². The molecule has 0 atom stereocenters. The van der Waals surface area contributed by atoms with Crippen molar-refractivity contribution >= 4 is 32.7 Å². The first-order valence-electron chi connectivity index (χ1n) is 10.6. The lowest BCUT2D eigenvalue weighted by Gasteiger charge is -2.32. The highest BCUT2D eigenvalue weighted by molar-refractivity contribution is 9.10. The van der Waals surface area contributed by atoms with Crippen LogP contribution in [0, 0.1) is 5.92 Å². The van der Waals surface area contributed by atoms with Crippen molar-refractivity contribution < 1.29 is 9.47 Å². The SMILES string of the molecule is COc1cc2nc(-c3ccc(Br)cc3)nc(N(C)CC3CCN(C)CC3)c2cc1OC. The van der Waals surface area contributed by atoms with Crippen molar-refractivity contribution in [3.63, 3.8) is 0 Å². The minimum Gasteiger partial charge on any atom is -0.493 e. The number of fused-ring (bicyclic) bond motifs is 1. The normalized spacial score (nSPS) is 15.3. The van der Waals surface area contributed by atoms with Crippen LogP contribution in [0.25, 0.3) is 22.3 Å². The lowest BCUT2D eigenvalue weighted by molar-refractivity contribution is 0.222. The molecule has 1 saturated heterocycles. The van der Waals surface area contributed by atoms with E-state index in [1.54, 1.807) is 14.2 Å². The van der Waals surface area contributed by atoms with Crippen molar-refractivity contribution in [2.75, 3.05) is 52.8 Å². The van der Waals surface area contributed by atoms with Crippen LogP contribution >= 0.6 is 15.9 Å². The number of hydrogen-bond donors (Lipinski definition) is 0. The molecule has 31 heavy (non-hydrogen) atoms. The molecule has 7 heteroatoms. The molecule has 0 amide bonds. The van der Waals surface area contributed by atoms with Gasteiger partial charge in [-0.25, -0.2) is 9.97 Å². The molecule has 0 radical (unpaired) electrons. The van der Waals surface area contributed by atoms with E-state index in [0.29, 0.717) is 23.2 Å². The third-order valence-corrected chi connectivity index (χ3v) is 6.54. The van der Waals surface area contributed by atoms with Gasteiger partial charge in [-0.2, -0.15) is 0 Å². The Morgan fingerprint density at radius 2 is 1.68 bits per heavy atom. The number of hydrogen-bond acceptors (Lipinski definition) is 6. The molecule has 0 N–H and O–H groups in total. The van der Waals surface area contributed by atoms with Crippen LogP contribution < -0.4 is 14.4 Å². The summed E-state index contributed by atoms with van der Waals surface area (Å²) in [6.07, 6.45) is 2.42. The zero-order valence-electron chi connectivity index (χ0n) is 18.6. The molecule has 1 fully saturated rings. The summed E-state index contributed by atoms with van der Waals surface area (Å²) in [5, 5.41) is 0.967. The van der Waals surface area contributed by atoms with Gasteiger partial charge in [0, 0.05) is 35.1 Å². The van der Waals surface area contributed by atoms with Crippen LogP contribution in [0.15, 0.2) is 40.9 Å². The Bertz CT molecular complexity index is 1050. The highest BCUT2D eigenvalue weighted by atomic mass is 79.9. The zero-order chi connectivity index (χ0) is 22.0. The number of benzene rings is 2. The van der Waals surface area contributed by atoms with E-state index in [0.717, 1.165) is 46.4 Å². The second kappa shape index (κ2) is 9.40. The van der Waals surface area contributed by atoms with Crippen LogP contribution in [0.1, 0.15) is 12.8 Å². The lowest BCUT2D eigenvalue weighted by atomic mass is 9.96. The maximum atomic E-state index is 5.56. The maximum Gasteiger partial charge on any atom is 0.162 e. The molecule has 1 aliphatic rings. The summed E-state index contributed by atoms with van der Waals surface area (Å²) in [5.74, 6) is 3.63. The number of piperidine rings is 1. The van der Waals surface area contributed by atoms with Gasteiger partial charge in [0.25, 0.3) is 0 Å². The van der Waals surface area contributed by atoms with E-state index in [9.17, 15) is 0 Å². The summed E-state index contributed by atoms with van der Waals surface area (Å²) in [7, 11) is 7.63. The van der Waals surface area contributed by atoms with Gasteiger partial charge >= 0.3 is 0 Å². The predicted molar refractivity (Wildman–Crippen MR) is 129 cm³/mol. The number of anilines is 1. The summed E-state index contributed by atoms with van der Waals surface area (Å²) in [4.78, 5) is 14.5. The van der Waals surface area contributed by atoms with Gasteiger partial charge in [0.05, 0.1) is 19.7 Å². The highest BCUT2D eigenvalue weighted by Crippen LogP contribution is 2.36. The first kappa shape index (κ1) is 21.8. The van der Waals surface area contributed by atoms with E-state index in [1.807, 2.05) is 36.4 Å². The van der Waals surface area contributed by atoms with Gasteiger partial charge in [-0.1, -0.05) is 28.1 Å². The molecule has 1 aliphatic heterocycles. The van der Waals surface area contributed by atoms with Crippen molar-refractivity contribution in [2.45, 2.75) is 12.8 Å². The van der Waals surface area contributed by atoms with Gasteiger partial charge in [0.2, 0.25) is 0 Å². The number of rotatable bonds is 6. The Hall–Kier alpha value is -2.38. The molecule has 0 spiro atoms. The Morgan fingerprint density at radius 3 is 2.32 bits per heavy atom. The molecular weight excluding hydrogens is 456 g/mol. The van der Waals surface area contributed by atoms with Crippen molar-refractivity contribution in [3.8, 4) is 22.9 Å². The summed E-state index contributed by atoms with van der Waals surface area (Å²) >= 11 is 3.51. The lowest BCUT2D eigenvalue weighted by Crippen LogP contribution is -2.36. The van der Waals surface area contributed by atoms with E-state index in [4.69, 9.17) is 19.4 Å². The van der Waals surface area contributed by atoms with Crippen molar-refractivity contribution in [1.29, 1.82) is 0 Å². The second-order valence-corrected chi connectivity index (χ2v) is 9.14. The van der Waals surface area contributed by atoms with Crippen LogP contribution in [-0.4, -0.2) is 62.8 Å². The standard InChI is InChI=1S/C24H29BrN4O2/c1-28-11-9-16(10-12-28)15-29(2)24-19-13-21(30-3)22(31-4)14-20(19)26-23(27-24)17-5-7-18(25)8-6-17/h5-8,13-14,16H,9-12,15H2,1-4H3. The first-order chi connectivity index (χ1) is 15.0. The zero-order valence-corrected chi connectivity index (χ0v) is 20.1. The van der Waals surface area contributed by atoms with Gasteiger partial charge in [-0.05, 0) is 57.1 Å². The maximum absolute atomic E-state index is 5.56. The summed E-state index contributed by atoms with van der Waals surface area (Å²) in [5.41, 5.74) is 1.82. The Balaban J connectivity index is 1.78. The van der Waals surface area contributed by atoms with E-state index in [2.05, 4.69) is 39.8 Å². The van der Waals surface area contributed by atoms with Crippen molar-refractivity contribution in [3.05, 3.63) is 40.9 Å². The fraction of sp³-hybridized carbons (Fsp3) is 0.417. The number of nitrogens with zero attached hydrogens (tertiary/aromatic N) is 4. The van der Waals surface area contributed by atoms with E-state index >= 15 is 0 Å². The Kier molecular flexibility index (Phi) is 6.62. The largest absolute Gasteiger partial charge is 0.493 e. The van der Waals surface area contributed by atoms with Gasteiger partial charge in [-0.3, -0.25) is 0 Å².